The van der Waals surface area contributed by atoms with E-state index in [9.17, 15) is 14.4 Å². The standard InChI is InChI=1S/C24H22N2O5/c1-16-12-13-21(30-2)19(14-16)24(29)31-15-22(27)26-20-11-7-6-10-18(20)23(28)25-17-8-4-3-5-9-17/h3-14H,15H2,1-2H3,(H,25,28)(H,26,27). The molecule has 0 heterocycles. The zero-order chi connectivity index (χ0) is 22.2. The lowest BCUT2D eigenvalue weighted by Crippen LogP contribution is -2.23. The maximum absolute atomic E-state index is 12.6. The lowest BCUT2D eigenvalue weighted by molar-refractivity contribution is -0.119. The monoisotopic (exact) mass is 418 g/mol. The highest BCUT2D eigenvalue weighted by Gasteiger charge is 2.17. The number of carbonyl (C=O) groups excluding carboxylic acids is 3. The van der Waals surface area contributed by atoms with Crippen LogP contribution in [0.25, 0.3) is 0 Å². The molecule has 0 fully saturated rings. The first-order chi connectivity index (χ1) is 15.0. The molecule has 0 saturated heterocycles. The number of benzene rings is 3. The number of aryl methyl sites for hydroxylation is 1. The fourth-order valence-corrected chi connectivity index (χ4v) is 2.89. The summed E-state index contributed by atoms with van der Waals surface area (Å²) < 4.78 is 10.3. The van der Waals surface area contributed by atoms with Crippen LogP contribution in [0.5, 0.6) is 5.75 Å². The van der Waals surface area contributed by atoms with E-state index in [0.717, 1.165) is 5.56 Å². The average Bonchev–Trinajstić information content (AvgIpc) is 2.78. The molecule has 0 spiro atoms. The van der Waals surface area contributed by atoms with Crippen LogP contribution in [0.1, 0.15) is 26.3 Å². The number of methoxy groups -OCH3 is 1. The van der Waals surface area contributed by atoms with Gasteiger partial charge in [-0.2, -0.15) is 0 Å². The third-order valence-electron chi connectivity index (χ3n) is 4.39. The molecule has 3 rings (SSSR count). The largest absolute Gasteiger partial charge is 0.496 e. The molecular formula is C24H22N2O5. The number of amides is 2. The van der Waals surface area contributed by atoms with Crippen molar-refractivity contribution in [3.05, 3.63) is 89.5 Å². The predicted molar refractivity (Wildman–Crippen MR) is 117 cm³/mol. The van der Waals surface area contributed by atoms with Gasteiger partial charge in [0.2, 0.25) is 0 Å². The van der Waals surface area contributed by atoms with Crippen molar-refractivity contribution in [3.63, 3.8) is 0 Å². The number of rotatable bonds is 7. The molecule has 158 valence electrons. The van der Waals surface area contributed by atoms with Crippen LogP contribution < -0.4 is 15.4 Å². The number of esters is 1. The number of ether oxygens (including phenoxy) is 2. The molecule has 7 nitrogen and oxygen atoms in total. The second-order valence-corrected chi connectivity index (χ2v) is 6.69. The zero-order valence-electron chi connectivity index (χ0n) is 17.2. The Morgan fingerprint density at radius 3 is 2.29 bits per heavy atom. The highest BCUT2D eigenvalue weighted by atomic mass is 16.5. The van der Waals surface area contributed by atoms with Gasteiger partial charge in [-0.15, -0.1) is 0 Å². The molecule has 0 unspecified atom stereocenters. The lowest BCUT2D eigenvalue weighted by Gasteiger charge is -2.12. The van der Waals surface area contributed by atoms with E-state index in [1.165, 1.54) is 7.11 Å². The molecule has 3 aromatic rings. The Morgan fingerprint density at radius 1 is 0.839 bits per heavy atom. The summed E-state index contributed by atoms with van der Waals surface area (Å²) in [6, 6.07) is 20.7. The molecule has 31 heavy (non-hydrogen) atoms. The first-order valence-electron chi connectivity index (χ1n) is 9.55. The molecule has 2 N–H and O–H groups in total. The summed E-state index contributed by atoms with van der Waals surface area (Å²) in [6.45, 7) is 1.32. The van der Waals surface area contributed by atoms with Crippen LogP contribution in [-0.2, 0) is 9.53 Å². The van der Waals surface area contributed by atoms with Crippen LogP contribution in [0.2, 0.25) is 0 Å². The highest BCUT2D eigenvalue weighted by molar-refractivity contribution is 6.10. The smallest absolute Gasteiger partial charge is 0.342 e. The molecule has 0 saturated carbocycles. The van der Waals surface area contributed by atoms with E-state index >= 15 is 0 Å². The quantitative estimate of drug-likeness (QED) is 0.565. The fraction of sp³-hybridized carbons (Fsp3) is 0.125. The van der Waals surface area contributed by atoms with Crippen LogP contribution in [0.4, 0.5) is 11.4 Å². The molecule has 0 aromatic heterocycles. The minimum Gasteiger partial charge on any atom is -0.496 e. The van der Waals surface area contributed by atoms with Crippen molar-refractivity contribution in [2.24, 2.45) is 0 Å². The van der Waals surface area contributed by atoms with Gasteiger partial charge >= 0.3 is 5.97 Å². The van der Waals surface area contributed by atoms with Crippen molar-refractivity contribution in [2.45, 2.75) is 6.92 Å². The van der Waals surface area contributed by atoms with Crippen molar-refractivity contribution < 1.29 is 23.9 Å². The lowest BCUT2D eigenvalue weighted by atomic mass is 10.1. The van der Waals surface area contributed by atoms with Gasteiger partial charge in [-0.1, -0.05) is 42.0 Å². The maximum Gasteiger partial charge on any atom is 0.342 e. The van der Waals surface area contributed by atoms with Crippen LogP contribution in [0.15, 0.2) is 72.8 Å². The second-order valence-electron chi connectivity index (χ2n) is 6.69. The molecular weight excluding hydrogens is 396 g/mol. The van der Waals surface area contributed by atoms with Gasteiger partial charge in [-0.25, -0.2) is 4.79 Å². The molecule has 3 aromatic carbocycles. The predicted octanol–water partition coefficient (Wildman–Crippen LogP) is 4.05. The van der Waals surface area contributed by atoms with Gasteiger partial charge in [-0.05, 0) is 43.3 Å². The topological polar surface area (TPSA) is 93.7 Å². The number of anilines is 2. The van der Waals surface area contributed by atoms with Crippen molar-refractivity contribution in [1.82, 2.24) is 0 Å². The van der Waals surface area contributed by atoms with Gasteiger partial charge in [0.15, 0.2) is 6.61 Å². The first kappa shape index (κ1) is 21.6. The number of para-hydroxylation sites is 2. The molecule has 0 radical (unpaired) electrons. The van der Waals surface area contributed by atoms with Crippen LogP contribution in [-0.4, -0.2) is 31.5 Å². The molecule has 0 bridgehead atoms. The number of carbonyl (C=O) groups is 3. The molecule has 7 heteroatoms. The SMILES string of the molecule is COc1ccc(C)cc1C(=O)OCC(=O)Nc1ccccc1C(=O)Nc1ccccc1. The number of nitrogens with one attached hydrogen (secondary N) is 2. The Hall–Kier alpha value is -4.13. The third kappa shape index (κ3) is 5.70. The van der Waals surface area contributed by atoms with Crippen molar-refractivity contribution in [2.75, 3.05) is 24.4 Å². The van der Waals surface area contributed by atoms with Crippen molar-refractivity contribution >= 4 is 29.2 Å². The van der Waals surface area contributed by atoms with Crippen LogP contribution in [0.3, 0.4) is 0 Å². The summed E-state index contributed by atoms with van der Waals surface area (Å²) in [7, 11) is 1.45. The summed E-state index contributed by atoms with van der Waals surface area (Å²) >= 11 is 0. The van der Waals surface area contributed by atoms with Gasteiger partial charge in [0.1, 0.15) is 11.3 Å². The Kier molecular flexibility index (Phi) is 7.01. The Balaban J connectivity index is 1.64. The maximum atomic E-state index is 12.6. The third-order valence-corrected chi connectivity index (χ3v) is 4.39. The molecule has 0 aliphatic carbocycles. The number of hydrogen-bond donors (Lipinski definition) is 2. The molecule has 2 amide bonds. The van der Waals surface area contributed by atoms with Gasteiger partial charge in [0, 0.05) is 5.69 Å². The summed E-state index contributed by atoms with van der Waals surface area (Å²) in [5, 5.41) is 5.39. The summed E-state index contributed by atoms with van der Waals surface area (Å²) in [6.07, 6.45) is 0. The average molecular weight is 418 g/mol. The molecule has 0 atom stereocenters. The van der Waals surface area contributed by atoms with Crippen LogP contribution in [0, 0.1) is 6.92 Å². The van der Waals surface area contributed by atoms with Crippen molar-refractivity contribution in [1.29, 1.82) is 0 Å². The zero-order valence-corrected chi connectivity index (χ0v) is 17.2. The normalized spacial score (nSPS) is 10.1. The van der Waals surface area contributed by atoms with Gasteiger partial charge in [-0.3, -0.25) is 9.59 Å². The minimum absolute atomic E-state index is 0.234. The Bertz CT molecular complexity index is 1100. The summed E-state index contributed by atoms with van der Waals surface area (Å²) in [5.74, 6) is -1.26. The van der Waals surface area contributed by atoms with Crippen molar-refractivity contribution in [3.8, 4) is 5.75 Å². The molecule has 0 aliphatic heterocycles. The highest BCUT2D eigenvalue weighted by Crippen LogP contribution is 2.21. The van der Waals surface area contributed by atoms with Gasteiger partial charge in [0.05, 0.1) is 18.4 Å². The van der Waals surface area contributed by atoms with E-state index in [2.05, 4.69) is 10.6 Å². The summed E-state index contributed by atoms with van der Waals surface area (Å²) in [4.78, 5) is 37.3. The first-order valence-corrected chi connectivity index (χ1v) is 9.55. The fourth-order valence-electron chi connectivity index (χ4n) is 2.89. The Labute approximate surface area is 180 Å². The van der Waals surface area contributed by atoms with Gasteiger partial charge < -0.3 is 20.1 Å². The number of hydrogen-bond acceptors (Lipinski definition) is 5. The Morgan fingerprint density at radius 2 is 1.55 bits per heavy atom. The van der Waals surface area contributed by atoms with Crippen LogP contribution >= 0.6 is 0 Å². The second kappa shape index (κ2) is 10.1. The van der Waals surface area contributed by atoms with Gasteiger partial charge in [0.25, 0.3) is 11.8 Å². The summed E-state index contributed by atoms with van der Waals surface area (Å²) in [5.41, 5.74) is 2.32. The van der Waals surface area contributed by atoms with E-state index in [4.69, 9.17) is 9.47 Å². The van der Waals surface area contributed by atoms with E-state index < -0.39 is 18.5 Å². The van der Waals surface area contributed by atoms with E-state index in [-0.39, 0.29) is 17.0 Å². The van der Waals surface area contributed by atoms with E-state index in [0.29, 0.717) is 17.1 Å². The van der Waals surface area contributed by atoms with E-state index in [1.807, 2.05) is 13.0 Å². The minimum atomic E-state index is -0.675. The molecule has 0 aliphatic rings. The van der Waals surface area contributed by atoms with E-state index in [1.54, 1.807) is 66.7 Å².